The van der Waals surface area contributed by atoms with Gasteiger partial charge in [0.25, 0.3) is 5.92 Å². The largest absolute Gasteiger partial charge is 0.508 e. The second-order valence-electron chi connectivity index (χ2n) is 3.86. The Morgan fingerprint density at radius 3 is 2.80 bits per heavy atom. The van der Waals surface area contributed by atoms with E-state index < -0.39 is 11.8 Å². The summed E-state index contributed by atoms with van der Waals surface area (Å²) in [5.74, 6) is -3.64. The van der Waals surface area contributed by atoms with E-state index in [1.165, 1.54) is 18.2 Å². The van der Waals surface area contributed by atoms with Gasteiger partial charge in [0.05, 0.1) is 0 Å². The van der Waals surface area contributed by atoms with Gasteiger partial charge < -0.3 is 10.4 Å². The summed E-state index contributed by atoms with van der Waals surface area (Å²) >= 11 is 0. The van der Waals surface area contributed by atoms with Crippen LogP contribution >= 0.6 is 0 Å². The zero-order valence-electron chi connectivity index (χ0n) is 8.21. The molecule has 1 atom stereocenters. The van der Waals surface area contributed by atoms with Crippen molar-refractivity contribution in [3.8, 4) is 5.75 Å². The fourth-order valence-corrected chi connectivity index (χ4v) is 1.91. The molecule has 82 valence electrons. The predicted molar refractivity (Wildman–Crippen MR) is 53.0 cm³/mol. The number of alkyl halides is 2. The van der Waals surface area contributed by atoms with E-state index in [9.17, 15) is 13.9 Å². The molecule has 0 saturated carbocycles. The summed E-state index contributed by atoms with van der Waals surface area (Å²) in [7, 11) is 0. The third-order valence-electron chi connectivity index (χ3n) is 2.80. The molecule has 2 rings (SSSR count). The van der Waals surface area contributed by atoms with Crippen LogP contribution in [0.1, 0.15) is 12.0 Å². The van der Waals surface area contributed by atoms with Crippen molar-refractivity contribution in [3.63, 3.8) is 0 Å². The van der Waals surface area contributed by atoms with Crippen molar-refractivity contribution in [2.75, 3.05) is 13.1 Å². The maximum Gasteiger partial charge on any atom is 0.277 e. The van der Waals surface area contributed by atoms with Crippen molar-refractivity contribution in [1.29, 1.82) is 0 Å². The Labute approximate surface area is 86.9 Å². The highest BCUT2D eigenvalue weighted by Crippen LogP contribution is 2.39. The summed E-state index contributed by atoms with van der Waals surface area (Å²) in [6, 6.07) is 5.34. The Hall–Kier alpha value is -1.16. The van der Waals surface area contributed by atoms with Crippen LogP contribution in [-0.4, -0.2) is 18.2 Å². The average molecular weight is 213 g/mol. The number of halogens is 2. The number of nitrogens with one attached hydrogen (secondary N) is 1. The van der Waals surface area contributed by atoms with E-state index in [0.717, 1.165) is 6.07 Å². The number of hydrogen-bond acceptors (Lipinski definition) is 2. The molecule has 1 unspecified atom stereocenters. The molecule has 1 heterocycles. The summed E-state index contributed by atoms with van der Waals surface area (Å²) in [5, 5.41) is 12.1. The molecule has 0 aliphatic carbocycles. The summed E-state index contributed by atoms with van der Waals surface area (Å²) in [4.78, 5) is 0. The van der Waals surface area contributed by atoms with Gasteiger partial charge in [-0.25, -0.2) is 8.78 Å². The normalized spacial score (nSPS) is 21.9. The van der Waals surface area contributed by atoms with Gasteiger partial charge in [0.15, 0.2) is 0 Å². The summed E-state index contributed by atoms with van der Waals surface area (Å²) in [6.45, 7) is 0.974. The van der Waals surface area contributed by atoms with E-state index in [2.05, 4.69) is 5.32 Å². The van der Waals surface area contributed by atoms with E-state index in [0.29, 0.717) is 19.5 Å². The highest BCUT2D eigenvalue weighted by atomic mass is 19.3. The van der Waals surface area contributed by atoms with Crippen LogP contribution in [0.2, 0.25) is 0 Å². The lowest BCUT2D eigenvalue weighted by Crippen LogP contribution is -2.27. The Morgan fingerprint density at radius 2 is 2.20 bits per heavy atom. The molecule has 1 aromatic carbocycles. The van der Waals surface area contributed by atoms with Gasteiger partial charge in [-0.3, -0.25) is 0 Å². The van der Waals surface area contributed by atoms with Gasteiger partial charge in [0.2, 0.25) is 0 Å². The fourth-order valence-electron chi connectivity index (χ4n) is 1.91. The van der Waals surface area contributed by atoms with Crippen LogP contribution in [-0.2, 0) is 5.92 Å². The van der Waals surface area contributed by atoms with Crippen molar-refractivity contribution < 1.29 is 13.9 Å². The first-order valence-corrected chi connectivity index (χ1v) is 4.99. The molecule has 1 aromatic rings. The van der Waals surface area contributed by atoms with E-state index >= 15 is 0 Å². The lowest BCUT2D eigenvalue weighted by Gasteiger charge is -2.22. The number of phenols is 1. The van der Waals surface area contributed by atoms with Crippen LogP contribution in [0.25, 0.3) is 0 Å². The zero-order valence-corrected chi connectivity index (χ0v) is 8.21. The molecule has 1 aliphatic rings. The first-order chi connectivity index (χ1) is 7.10. The van der Waals surface area contributed by atoms with Gasteiger partial charge in [-0.15, -0.1) is 0 Å². The van der Waals surface area contributed by atoms with Crippen LogP contribution in [0, 0.1) is 5.92 Å². The number of aromatic hydroxyl groups is 1. The third-order valence-corrected chi connectivity index (χ3v) is 2.80. The molecule has 0 aromatic heterocycles. The van der Waals surface area contributed by atoms with Crippen LogP contribution in [0.15, 0.2) is 24.3 Å². The molecule has 2 N–H and O–H groups in total. The van der Waals surface area contributed by atoms with Gasteiger partial charge in [-0.05, 0) is 25.1 Å². The third kappa shape index (κ3) is 1.95. The SMILES string of the molecule is Oc1cccc(C(F)(F)C2CCNC2)c1. The monoisotopic (exact) mass is 213 g/mol. The van der Waals surface area contributed by atoms with Crippen molar-refractivity contribution in [2.45, 2.75) is 12.3 Å². The van der Waals surface area contributed by atoms with Gasteiger partial charge in [-0.2, -0.15) is 0 Å². The van der Waals surface area contributed by atoms with Gasteiger partial charge >= 0.3 is 0 Å². The van der Waals surface area contributed by atoms with Crippen molar-refractivity contribution in [3.05, 3.63) is 29.8 Å². The molecular weight excluding hydrogens is 200 g/mol. The summed E-state index contributed by atoms with van der Waals surface area (Å²) in [6.07, 6.45) is 0.475. The maximum absolute atomic E-state index is 13.9. The van der Waals surface area contributed by atoms with Crippen molar-refractivity contribution in [1.82, 2.24) is 5.32 Å². The average Bonchev–Trinajstić information content (AvgIpc) is 2.71. The maximum atomic E-state index is 13.9. The Morgan fingerprint density at radius 1 is 1.40 bits per heavy atom. The summed E-state index contributed by atoms with van der Waals surface area (Å²) < 4.78 is 27.8. The van der Waals surface area contributed by atoms with Crippen molar-refractivity contribution >= 4 is 0 Å². The highest BCUT2D eigenvalue weighted by molar-refractivity contribution is 5.30. The molecule has 0 amide bonds. The van der Waals surface area contributed by atoms with Gasteiger partial charge in [-0.1, -0.05) is 12.1 Å². The topological polar surface area (TPSA) is 32.3 Å². The second kappa shape index (κ2) is 3.77. The van der Waals surface area contributed by atoms with Gasteiger partial charge in [0, 0.05) is 18.0 Å². The van der Waals surface area contributed by atoms with Crippen LogP contribution in [0.4, 0.5) is 8.78 Å². The number of hydrogen-bond donors (Lipinski definition) is 2. The predicted octanol–water partition coefficient (Wildman–Crippen LogP) is 2.09. The first-order valence-electron chi connectivity index (χ1n) is 4.99. The molecule has 2 nitrogen and oxygen atoms in total. The van der Waals surface area contributed by atoms with E-state index in [1.807, 2.05) is 0 Å². The molecule has 0 spiro atoms. The summed E-state index contributed by atoms with van der Waals surface area (Å²) in [5.41, 5.74) is -0.101. The van der Waals surface area contributed by atoms with E-state index in [1.54, 1.807) is 0 Å². The molecule has 1 aliphatic heterocycles. The molecule has 1 fully saturated rings. The quantitative estimate of drug-likeness (QED) is 0.788. The second-order valence-corrected chi connectivity index (χ2v) is 3.86. The molecule has 1 saturated heterocycles. The highest BCUT2D eigenvalue weighted by Gasteiger charge is 2.42. The lowest BCUT2D eigenvalue weighted by atomic mass is 9.94. The Balaban J connectivity index is 2.27. The molecule has 0 bridgehead atoms. The fraction of sp³-hybridized carbons (Fsp3) is 0.455. The number of benzene rings is 1. The minimum absolute atomic E-state index is 0.101. The minimum atomic E-state index is -2.86. The zero-order chi connectivity index (χ0) is 10.9. The minimum Gasteiger partial charge on any atom is -0.508 e. The number of rotatable bonds is 2. The van der Waals surface area contributed by atoms with Gasteiger partial charge in [0.1, 0.15) is 5.75 Å². The number of phenolic OH excluding ortho intramolecular Hbond substituents is 1. The molecular formula is C11H13F2NO. The van der Waals surface area contributed by atoms with Crippen LogP contribution in [0.5, 0.6) is 5.75 Å². The van der Waals surface area contributed by atoms with Crippen LogP contribution < -0.4 is 5.32 Å². The van der Waals surface area contributed by atoms with Crippen molar-refractivity contribution in [2.24, 2.45) is 5.92 Å². The molecule has 15 heavy (non-hydrogen) atoms. The Bertz CT molecular complexity index is 348. The van der Waals surface area contributed by atoms with E-state index in [-0.39, 0.29) is 11.3 Å². The first kappa shape index (κ1) is 10.4. The molecule has 0 radical (unpaired) electrons. The standard InChI is InChI=1S/C11H13F2NO/c12-11(13,9-4-5-14-7-9)8-2-1-3-10(15)6-8/h1-3,6,9,14-15H,4-5,7H2. The Kier molecular flexibility index (Phi) is 2.61. The molecule has 4 heteroatoms. The lowest BCUT2D eigenvalue weighted by molar-refractivity contribution is -0.0577. The van der Waals surface area contributed by atoms with E-state index in [4.69, 9.17) is 0 Å². The smallest absolute Gasteiger partial charge is 0.277 e. The van der Waals surface area contributed by atoms with Crippen LogP contribution in [0.3, 0.4) is 0 Å².